The number of para-hydroxylation sites is 1. The van der Waals surface area contributed by atoms with Crippen LogP contribution >= 0.6 is 0 Å². The van der Waals surface area contributed by atoms with Crippen molar-refractivity contribution in [3.63, 3.8) is 0 Å². The molecule has 9 aromatic rings. The van der Waals surface area contributed by atoms with Crippen molar-refractivity contribution in [3.8, 4) is 44.8 Å². The van der Waals surface area contributed by atoms with Crippen molar-refractivity contribution in [2.45, 2.75) is 32.1 Å². The van der Waals surface area contributed by atoms with Crippen LogP contribution in [0, 0.1) is 0 Å². The predicted molar refractivity (Wildman–Crippen MR) is 223 cm³/mol. The Morgan fingerprint density at radius 1 is 0.491 bits per heavy atom. The van der Waals surface area contributed by atoms with E-state index < -0.39 is 0 Å². The fourth-order valence-electron chi connectivity index (χ4n) is 9.46. The lowest BCUT2D eigenvalue weighted by atomic mass is 9.82. The molecule has 2 nitrogen and oxygen atoms in total. The van der Waals surface area contributed by atoms with Gasteiger partial charge < -0.3 is 9.13 Å². The van der Waals surface area contributed by atoms with Crippen LogP contribution in [0.1, 0.15) is 42.7 Å². The monoisotopic (exact) mass is 678 g/mol. The summed E-state index contributed by atoms with van der Waals surface area (Å²) < 4.78 is 4.99. The SMILES string of the molecule is CC1(C)c2ccccc2-c2c(-n3c4c(c5cc(-c6ccc7c(c6)c6ccccc6n7-c6ccc(-c7ccccc7)cc6)ccc53)C=CCC4)cccc21. The molecular weight excluding hydrogens is 641 g/mol. The molecule has 2 aromatic heterocycles. The van der Waals surface area contributed by atoms with Gasteiger partial charge in [0, 0.05) is 44.1 Å². The summed E-state index contributed by atoms with van der Waals surface area (Å²) >= 11 is 0. The van der Waals surface area contributed by atoms with Crippen molar-refractivity contribution in [2.75, 3.05) is 0 Å². The normalized spacial score (nSPS) is 14.2. The number of aromatic nitrogens is 2. The molecule has 0 fully saturated rings. The molecule has 11 rings (SSSR count). The van der Waals surface area contributed by atoms with Gasteiger partial charge in [0.1, 0.15) is 0 Å². The van der Waals surface area contributed by atoms with E-state index in [-0.39, 0.29) is 5.41 Å². The van der Waals surface area contributed by atoms with Crippen molar-refractivity contribution < 1.29 is 0 Å². The van der Waals surface area contributed by atoms with Gasteiger partial charge in [-0.05, 0) is 100 Å². The second-order valence-electron chi connectivity index (χ2n) is 15.2. The molecule has 0 bridgehead atoms. The van der Waals surface area contributed by atoms with Gasteiger partial charge in [0.2, 0.25) is 0 Å². The van der Waals surface area contributed by atoms with E-state index in [2.05, 4.69) is 193 Å². The van der Waals surface area contributed by atoms with Gasteiger partial charge in [-0.25, -0.2) is 0 Å². The number of benzene rings is 7. The molecule has 0 atom stereocenters. The van der Waals surface area contributed by atoms with Crippen LogP contribution in [0.3, 0.4) is 0 Å². The molecule has 252 valence electrons. The zero-order valence-electron chi connectivity index (χ0n) is 30.0. The van der Waals surface area contributed by atoms with Crippen molar-refractivity contribution in [1.82, 2.24) is 9.13 Å². The van der Waals surface area contributed by atoms with E-state index in [1.54, 1.807) is 0 Å². The van der Waals surface area contributed by atoms with Gasteiger partial charge in [0.05, 0.1) is 22.2 Å². The summed E-state index contributed by atoms with van der Waals surface area (Å²) in [6.45, 7) is 4.74. The van der Waals surface area contributed by atoms with Crippen LogP contribution < -0.4 is 0 Å². The van der Waals surface area contributed by atoms with Crippen LogP contribution in [0.5, 0.6) is 0 Å². The molecule has 2 heteroatoms. The van der Waals surface area contributed by atoms with Gasteiger partial charge in [-0.1, -0.05) is 135 Å². The maximum absolute atomic E-state index is 2.58. The van der Waals surface area contributed by atoms with Crippen molar-refractivity contribution >= 4 is 38.8 Å². The van der Waals surface area contributed by atoms with Crippen molar-refractivity contribution in [1.29, 1.82) is 0 Å². The molecule has 0 saturated heterocycles. The molecule has 0 unspecified atom stereocenters. The quantitative estimate of drug-likeness (QED) is 0.175. The fourth-order valence-corrected chi connectivity index (χ4v) is 9.46. The first-order valence-electron chi connectivity index (χ1n) is 18.8. The smallest absolute Gasteiger partial charge is 0.0541 e. The third-order valence-corrected chi connectivity index (χ3v) is 12.0. The van der Waals surface area contributed by atoms with E-state index in [9.17, 15) is 0 Å². The lowest BCUT2D eigenvalue weighted by Crippen LogP contribution is -2.15. The minimum Gasteiger partial charge on any atom is -0.312 e. The predicted octanol–water partition coefficient (Wildman–Crippen LogP) is 13.3. The summed E-state index contributed by atoms with van der Waals surface area (Å²) in [5.41, 5.74) is 19.4. The van der Waals surface area contributed by atoms with E-state index in [0.717, 1.165) is 12.8 Å². The molecule has 0 amide bonds. The zero-order chi connectivity index (χ0) is 35.3. The van der Waals surface area contributed by atoms with Crippen LogP contribution in [0.25, 0.3) is 83.5 Å². The largest absolute Gasteiger partial charge is 0.312 e. The molecule has 0 saturated carbocycles. The van der Waals surface area contributed by atoms with Gasteiger partial charge in [-0.3, -0.25) is 0 Å². The van der Waals surface area contributed by atoms with E-state index in [4.69, 9.17) is 0 Å². The maximum atomic E-state index is 2.58. The van der Waals surface area contributed by atoms with Crippen LogP contribution in [0.2, 0.25) is 0 Å². The van der Waals surface area contributed by atoms with Crippen LogP contribution in [-0.2, 0) is 11.8 Å². The van der Waals surface area contributed by atoms with Gasteiger partial charge in [-0.2, -0.15) is 0 Å². The lowest BCUT2D eigenvalue weighted by Gasteiger charge is -2.22. The van der Waals surface area contributed by atoms with Gasteiger partial charge in [0.15, 0.2) is 0 Å². The zero-order valence-corrected chi connectivity index (χ0v) is 30.0. The molecule has 0 spiro atoms. The molecule has 53 heavy (non-hydrogen) atoms. The first-order valence-corrected chi connectivity index (χ1v) is 18.8. The third kappa shape index (κ3) is 4.39. The van der Waals surface area contributed by atoms with E-state index in [1.165, 1.54) is 99.8 Å². The minimum absolute atomic E-state index is 0.0363. The molecule has 2 aliphatic rings. The maximum Gasteiger partial charge on any atom is 0.0541 e. The molecule has 0 radical (unpaired) electrons. The summed E-state index contributed by atoms with van der Waals surface area (Å²) in [5, 5.41) is 3.86. The molecule has 2 aliphatic carbocycles. The number of fused-ring (bicyclic) bond motifs is 9. The standard InChI is InChI=1S/C51H38N2/c1-51(2)43-18-9-6-17-40(43)50-44(51)19-12-22-49(50)53-46-21-11-8-16-39(46)42-32-36(26-30-48(42)53)35-25-29-47-41(31-35)38-15-7-10-20-45(38)52(47)37-27-23-34(24-28-37)33-13-4-3-5-14-33/h3-10,12-20,22-32H,11,21H2,1-2H3. The minimum atomic E-state index is -0.0363. The summed E-state index contributed by atoms with van der Waals surface area (Å²) in [6.07, 6.45) is 6.80. The Morgan fingerprint density at radius 3 is 1.96 bits per heavy atom. The highest BCUT2D eigenvalue weighted by molar-refractivity contribution is 6.11. The summed E-state index contributed by atoms with van der Waals surface area (Å²) in [7, 11) is 0. The van der Waals surface area contributed by atoms with E-state index >= 15 is 0 Å². The highest BCUT2D eigenvalue weighted by Gasteiger charge is 2.37. The van der Waals surface area contributed by atoms with E-state index in [0.29, 0.717) is 0 Å². The number of nitrogens with zero attached hydrogens (tertiary/aromatic N) is 2. The highest BCUT2D eigenvalue weighted by atomic mass is 15.0. The van der Waals surface area contributed by atoms with Crippen LogP contribution in [0.4, 0.5) is 0 Å². The van der Waals surface area contributed by atoms with E-state index in [1.807, 2.05) is 0 Å². The first-order chi connectivity index (χ1) is 26.1. The third-order valence-electron chi connectivity index (χ3n) is 12.0. The second-order valence-corrected chi connectivity index (χ2v) is 15.2. The van der Waals surface area contributed by atoms with Gasteiger partial charge in [0.25, 0.3) is 0 Å². The van der Waals surface area contributed by atoms with Crippen LogP contribution in [-0.4, -0.2) is 9.13 Å². The number of hydrogen-bond donors (Lipinski definition) is 0. The average molecular weight is 679 g/mol. The number of rotatable bonds is 4. The fraction of sp³-hybridized carbons (Fsp3) is 0.0980. The molecule has 7 aromatic carbocycles. The number of allylic oxidation sites excluding steroid dienone is 1. The lowest BCUT2D eigenvalue weighted by molar-refractivity contribution is 0.660. The summed E-state index contributed by atoms with van der Waals surface area (Å²) in [5.74, 6) is 0. The first kappa shape index (κ1) is 30.3. The molecular formula is C51H38N2. The topological polar surface area (TPSA) is 9.86 Å². The number of hydrogen-bond acceptors (Lipinski definition) is 0. The Kier molecular flexibility index (Phi) is 6.46. The second kappa shape index (κ2) is 11.3. The van der Waals surface area contributed by atoms with Crippen molar-refractivity contribution in [3.05, 3.63) is 186 Å². The Bertz CT molecular complexity index is 2950. The van der Waals surface area contributed by atoms with Gasteiger partial charge in [-0.15, -0.1) is 0 Å². The Balaban J connectivity index is 1.06. The molecule has 0 N–H and O–H groups in total. The molecule has 2 heterocycles. The average Bonchev–Trinajstić information content (AvgIpc) is 3.81. The molecule has 0 aliphatic heterocycles. The Hall–Kier alpha value is -6.38. The van der Waals surface area contributed by atoms with Crippen LogP contribution in [0.15, 0.2) is 164 Å². The van der Waals surface area contributed by atoms with Crippen molar-refractivity contribution in [2.24, 2.45) is 0 Å². The Labute approximate surface area is 309 Å². The summed E-state index contributed by atoms with van der Waals surface area (Å²) in [4.78, 5) is 0. The highest BCUT2D eigenvalue weighted by Crippen LogP contribution is 2.52. The Morgan fingerprint density at radius 2 is 1.13 bits per heavy atom. The summed E-state index contributed by atoms with van der Waals surface area (Å²) in [6, 6.07) is 58.5. The van der Waals surface area contributed by atoms with Gasteiger partial charge >= 0.3 is 0 Å².